The predicted octanol–water partition coefficient (Wildman–Crippen LogP) is 2.72. The first-order chi connectivity index (χ1) is 15.4. The van der Waals surface area contributed by atoms with Crippen LogP contribution in [0.15, 0.2) is 36.5 Å². The number of carbonyl (C=O) groups is 2. The zero-order valence-electron chi connectivity index (χ0n) is 18.0. The van der Waals surface area contributed by atoms with Crippen LogP contribution in [0, 0.1) is 25.2 Å². The van der Waals surface area contributed by atoms with Gasteiger partial charge in [0.25, 0.3) is 11.8 Å². The summed E-state index contributed by atoms with van der Waals surface area (Å²) < 4.78 is 5.25. The minimum atomic E-state index is -0.546. The van der Waals surface area contributed by atoms with E-state index in [2.05, 4.69) is 30.9 Å². The molecule has 0 aliphatic heterocycles. The van der Waals surface area contributed by atoms with E-state index in [9.17, 15) is 14.9 Å². The van der Waals surface area contributed by atoms with Crippen molar-refractivity contribution in [3.8, 4) is 11.8 Å². The molecule has 10 heteroatoms. The summed E-state index contributed by atoms with van der Waals surface area (Å²) in [4.78, 5) is 38.1. The highest BCUT2D eigenvalue weighted by molar-refractivity contribution is 6.10. The van der Waals surface area contributed by atoms with Gasteiger partial charge in [0.15, 0.2) is 0 Å². The maximum absolute atomic E-state index is 13.0. The fourth-order valence-electron chi connectivity index (χ4n) is 3.07. The molecule has 2 heterocycles. The van der Waals surface area contributed by atoms with Gasteiger partial charge in [-0.05, 0) is 26.0 Å². The van der Waals surface area contributed by atoms with Gasteiger partial charge in [0.05, 0.1) is 29.5 Å². The lowest BCUT2D eigenvalue weighted by Crippen LogP contribution is -2.22. The van der Waals surface area contributed by atoms with Crippen LogP contribution < -0.4 is 20.7 Å². The first-order valence-electron chi connectivity index (χ1n) is 9.56. The standard InChI is InChI=1S/C22H21N7O3/c1-12-8-19(27-13(2)26-12)29-18-9-17(16(11-25-18)21(30)24-3)28-22(31)15-7-5-6-14(10-23)20(15)32-4/h5-9,11H,1-4H3,(H,24,30)(H2,25,26,27,28,29,31). The van der Waals surface area contributed by atoms with Crippen molar-refractivity contribution in [3.05, 3.63) is 64.7 Å². The van der Waals surface area contributed by atoms with Crippen LogP contribution in [0.4, 0.5) is 17.3 Å². The summed E-state index contributed by atoms with van der Waals surface area (Å²) >= 11 is 0. The Bertz CT molecular complexity index is 1210. The van der Waals surface area contributed by atoms with Crippen molar-refractivity contribution in [1.82, 2.24) is 20.3 Å². The molecule has 3 N–H and O–H groups in total. The van der Waals surface area contributed by atoms with Gasteiger partial charge in [0.1, 0.15) is 29.3 Å². The van der Waals surface area contributed by atoms with Crippen LogP contribution >= 0.6 is 0 Å². The van der Waals surface area contributed by atoms with Crippen molar-refractivity contribution in [3.63, 3.8) is 0 Å². The van der Waals surface area contributed by atoms with Crippen molar-refractivity contribution >= 4 is 29.1 Å². The average molecular weight is 431 g/mol. The minimum Gasteiger partial charge on any atom is -0.495 e. The number of aromatic nitrogens is 3. The number of amides is 2. The average Bonchev–Trinajstić information content (AvgIpc) is 2.77. The molecular formula is C22H21N7O3. The molecular weight excluding hydrogens is 410 g/mol. The van der Waals surface area contributed by atoms with E-state index in [0.29, 0.717) is 17.5 Å². The molecule has 2 aromatic heterocycles. The Labute approximate surface area is 184 Å². The lowest BCUT2D eigenvalue weighted by atomic mass is 10.1. The fourth-order valence-corrected chi connectivity index (χ4v) is 3.07. The lowest BCUT2D eigenvalue weighted by molar-refractivity contribution is 0.0963. The van der Waals surface area contributed by atoms with Gasteiger partial charge in [0, 0.05) is 31.1 Å². The van der Waals surface area contributed by atoms with Crippen molar-refractivity contribution in [2.75, 3.05) is 24.8 Å². The number of aryl methyl sites for hydroxylation is 2. The number of nitriles is 1. The Morgan fingerprint density at radius 2 is 1.84 bits per heavy atom. The number of hydrogen-bond acceptors (Lipinski definition) is 8. The maximum atomic E-state index is 13.0. The summed E-state index contributed by atoms with van der Waals surface area (Å²) in [5.74, 6) is 0.653. The molecule has 3 aromatic rings. The summed E-state index contributed by atoms with van der Waals surface area (Å²) in [6.07, 6.45) is 1.35. The Kier molecular flexibility index (Phi) is 6.60. The number of nitrogens with zero attached hydrogens (tertiary/aromatic N) is 4. The smallest absolute Gasteiger partial charge is 0.259 e. The van der Waals surface area contributed by atoms with Gasteiger partial charge in [-0.3, -0.25) is 9.59 Å². The van der Waals surface area contributed by atoms with E-state index in [-0.39, 0.29) is 28.1 Å². The van der Waals surface area contributed by atoms with Gasteiger partial charge in [-0.1, -0.05) is 6.07 Å². The van der Waals surface area contributed by atoms with Crippen LogP contribution in [0.5, 0.6) is 5.75 Å². The monoisotopic (exact) mass is 431 g/mol. The van der Waals surface area contributed by atoms with E-state index in [1.165, 1.54) is 32.5 Å². The molecule has 32 heavy (non-hydrogen) atoms. The van der Waals surface area contributed by atoms with Gasteiger partial charge in [0.2, 0.25) is 0 Å². The predicted molar refractivity (Wildman–Crippen MR) is 118 cm³/mol. The quantitative estimate of drug-likeness (QED) is 0.541. The molecule has 0 aliphatic carbocycles. The fraction of sp³-hybridized carbons (Fsp3) is 0.182. The molecule has 0 unspecified atom stereocenters. The molecule has 0 radical (unpaired) electrons. The second kappa shape index (κ2) is 9.53. The number of ether oxygens (including phenoxy) is 1. The molecule has 1 aromatic carbocycles. The molecule has 0 bridgehead atoms. The lowest BCUT2D eigenvalue weighted by Gasteiger charge is -2.14. The normalized spacial score (nSPS) is 10.1. The summed E-state index contributed by atoms with van der Waals surface area (Å²) in [6, 6.07) is 9.92. The zero-order valence-corrected chi connectivity index (χ0v) is 18.0. The first kappa shape index (κ1) is 22.2. The molecule has 3 rings (SSSR count). The molecule has 0 saturated carbocycles. The number of para-hydroxylation sites is 1. The van der Waals surface area contributed by atoms with E-state index in [0.717, 1.165) is 5.69 Å². The highest BCUT2D eigenvalue weighted by Crippen LogP contribution is 2.26. The van der Waals surface area contributed by atoms with E-state index < -0.39 is 11.8 Å². The highest BCUT2D eigenvalue weighted by Gasteiger charge is 2.19. The summed E-state index contributed by atoms with van der Waals surface area (Å²) in [5, 5.41) is 17.6. The van der Waals surface area contributed by atoms with Crippen LogP contribution in [0.2, 0.25) is 0 Å². The van der Waals surface area contributed by atoms with Crippen molar-refractivity contribution < 1.29 is 14.3 Å². The van der Waals surface area contributed by atoms with E-state index in [1.807, 2.05) is 13.0 Å². The highest BCUT2D eigenvalue weighted by atomic mass is 16.5. The van der Waals surface area contributed by atoms with E-state index in [1.54, 1.807) is 25.1 Å². The molecule has 0 aliphatic rings. The second-order valence-electron chi connectivity index (χ2n) is 6.71. The van der Waals surface area contributed by atoms with Crippen molar-refractivity contribution in [2.45, 2.75) is 13.8 Å². The van der Waals surface area contributed by atoms with Crippen LogP contribution in [0.25, 0.3) is 0 Å². The summed E-state index contributed by atoms with van der Waals surface area (Å²) in [5.41, 5.74) is 1.54. The molecule has 2 amide bonds. The number of benzene rings is 1. The number of anilines is 3. The Balaban J connectivity index is 1.98. The zero-order chi connectivity index (χ0) is 23.3. The second-order valence-corrected chi connectivity index (χ2v) is 6.71. The van der Waals surface area contributed by atoms with Gasteiger partial charge in [-0.2, -0.15) is 5.26 Å². The Morgan fingerprint density at radius 1 is 1.06 bits per heavy atom. The topological polar surface area (TPSA) is 142 Å². The molecule has 162 valence electrons. The largest absolute Gasteiger partial charge is 0.495 e. The number of rotatable bonds is 6. The third-order valence-corrected chi connectivity index (χ3v) is 4.43. The number of methoxy groups -OCH3 is 1. The molecule has 0 spiro atoms. The van der Waals surface area contributed by atoms with Crippen LogP contribution in [0.3, 0.4) is 0 Å². The molecule has 10 nitrogen and oxygen atoms in total. The molecule has 0 atom stereocenters. The molecule has 0 fully saturated rings. The number of hydrogen-bond donors (Lipinski definition) is 3. The van der Waals surface area contributed by atoms with E-state index >= 15 is 0 Å². The number of nitrogens with one attached hydrogen (secondary N) is 3. The SMILES string of the molecule is CNC(=O)c1cnc(Nc2cc(C)nc(C)n2)cc1NC(=O)c1cccc(C#N)c1OC. The first-order valence-corrected chi connectivity index (χ1v) is 9.56. The summed E-state index contributed by atoms with van der Waals surface area (Å²) in [6.45, 7) is 3.62. The number of pyridine rings is 1. The number of carbonyl (C=O) groups excluding carboxylic acids is 2. The molecule has 0 saturated heterocycles. The van der Waals surface area contributed by atoms with Crippen LogP contribution in [0.1, 0.15) is 37.8 Å². The van der Waals surface area contributed by atoms with E-state index in [4.69, 9.17) is 4.74 Å². The Hall–Kier alpha value is -4.52. The van der Waals surface area contributed by atoms with Crippen molar-refractivity contribution in [1.29, 1.82) is 5.26 Å². The third kappa shape index (κ3) is 4.79. The van der Waals surface area contributed by atoms with Crippen LogP contribution in [-0.4, -0.2) is 40.9 Å². The maximum Gasteiger partial charge on any atom is 0.259 e. The van der Waals surface area contributed by atoms with Gasteiger partial charge in [-0.25, -0.2) is 15.0 Å². The van der Waals surface area contributed by atoms with Gasteiger partial charge < -0.3 is 20.7 Å². The minimum absolute atomic E-state index is 0.147. The van der Waals surface area contributed by atoms with Gasteiger partial charge in [-0.15, -0.1) is 0 Å². The van der Waals surface area contributed by atoms with Crippen LogP contribution in [-0.2, 0) is 0 Å². The third-order valence-electron chi connectivity index (χ3n) is 4.43. The van der Waals surface area contributed by atoms with Gasteiger partial charge >= 0.3 is 0 Å². The Morgan fingerprint density at radius 3 is 2.50 bits per heavy atom. The summed E-state index contributed by atoms with van der Waals surface area (Å²) in [7, 11) is 2.86. The van der Waals surface area contributed by atoms with Crippen molar-refractivity contribution in [2.24, 2.45) is 0 Å².